The summed E-state index contributed by atoms with van der Waals surface area (Å²) in [5.41, 5.74) is 10.7. The molecule has 0 aromatic heterocycles. The van der Waals surface area contributed by atoms with Gasteiger partial charge in [-0.25, -0.2) is 4.79 Å². The summed E-state index contributed by atoms with van der Waals surface area (Å²) in [5, 5.41) is 25.1. The number of aliphatic hydroxyl groups is 1. The second-order valence-corrected chi connectivity index (χ2v) is 7.17. The van der Waals surface area contributed by atoms with Crippen LogP contribution in [0.15, 0.2) is 0 Å². The van der Waals surface area contributed by atoms with Crippen LogP contribution in [0.1, 0.15) is 33.1 Å². The minimum Gasteiger partial charge on any atom is -0.480 e. The first-order chi connectivity index (χ1) is 14.0. The molecule has 0 spiro atoms. The van der Waals surface area contributed by atoms with Gasteiger partial charge in [-0.1, -0.05) is 20.3 Å². The number of carbonyl (C=O) groups excluding carboxylic acids is 4. The Bertz CT molecular complexity index is 634. The van der Waals surface area contributed by atoms with E-state index in [4.69, 9.17) is 21.7 Å². The summed E-state index contributed by atoms with van der Waals surface area (Å²) < 4.78 is 0. The van der Waals surface area contributed by atoms with Crippen LogP contribution in [0.25, 0.3) is 0 Å². The van der Waals surface area contributed by atoms with Crippen molar-refractivity contribution in [1.82, 2.24) is 16.0 Å². The SMILES string of the molecule is CCC(C)C(NC(=O)C(CCC(N)=O)NC(=O)C(N)CS)C(=O)NC(CO)C(=O)O. The van der Waals surface area contributed by atoms with Gasteiger partial charge in [0.2, 0.25) is 23.6 Å². The monoisotopic (exact) mass is 449 g/mol. The van der Waals surface area contributed by atoms with Gasteiger partial charge in [-0.2, -0.15) is 12.6 Å². The lowest BCUT2D eigenvalue weighted by atomic mass is 9.97. The van der Waals surface area contributed by atoms with E-state index >= 15 is 0 Å². The molecule has 13 heteroatoms. The maximum atomic E-state index is 12.7. The molecule has 0 radical (unpaired) electrons. The number of carboxylic acids is 1. The number of primary amides is 1. The van der Waals surface area contributed by atoms with Crippen LogP contribution in [0.5, 0.6) is 0 Å². The van der Waals surface area contributed by atoms with Gasteiger partial charge < -0.3 is 37.6 Å². The molecule has 0 aromatic rings. The first-order valence-electron chi connectivity index (χ1n) is 9.37. The van der Waals surface area contributed by atoms with Crippen molar-refractivity contribution in [1.29, 1.82) is 0 Å². The Balaban J connectivity index is 5.48. The summed E-state index contributed by atoms with van der Waals surface area (Å²) in [6, 6.07) is -4.89. The van der Waals surface area contributed by atoms with E-state index in [9.17, 15) is 24.0 Å². The molecule has 0 aliphatic heterocycles. The summed E-state index contributed by atoms with van der Waals surface area (Å²) in [6.45, 7) is 2.59. The molecular weight excluding hydrogens is 418 g/mol. The number of hydrogen-bond acceptors (Lipinski definition) is 8. The van der Waals surface area contributed by atoms with Crippen LogP contribution in [0.4, 0.5) is 0 Å². The Hall–Kier alpha value is -2.38. The molecule has 0 saturated carbocycles. The number of thiol groups is 1. The number of rotatable bonds is 14. The van der Waals surface area contributed by atoms with Gasteiger partial charge in [-0.3, -0.25) is 19.2 Å². The number of nitrogens with one attached hydrogen (secondary N) is 3. The number of carbonyl (C=O) groups is 5. The predicted molar refractivity (Wildman–Crippen MR) is 110 cm³/mol. The van der Waals surface area contributed by atoms with Gasteiger partial charge in [0.1, 0.15) is 18.1 Å². The summed E-state index contributed by atoms with van der Waals surface area (Å²) in [4.78, 5) is 59.5. The fourth-order valence-electron chi connectivity index (χ4n) is 2.32. The van der Waals surface area contributed by atoms with Crippen LogP contribution < -0.4 is 27.4 Å². The molecule has 0 rings (SSSR count). The van der Waals surface area contributed by atoms with Gasteiger partial charge in [0.15, 0.2) is 0 Å². The van der Waals surface area contributed by atoms with E-state index in [1.54, 1.807) is 13.8 Å². The predicted octanol–water partition coefficient (Wildman–Crippen LogP) is -2.91. The summed E-state index contributed by atoms with van der Waals surface area (Å²) in [5.74, 6) is -4.78. The fraction of sp³-hybridized carbons (Fsp3) is 0.706. The summed E-state index contributed by atoms with van der Waals surface area (Å²) in [6.07, 6.45) is 0.119. The second-order valence-electron chi connectivity index (χ2n) is 6.81. The van der Waals surface area contributed by atoms with Crippen molar-refractivity contribution in [2.24, 2.45) is 17.4 Å². The largest absolute Gasteiger partial charge is 0.480 e. The van der Waals surface area contributed by atoms with Crippen molar-refractivity contribution < 1.29 is 34.2 Å². The number of carboxylic acid groups (broad SMARTS) is 1. The minimum absolute atomic E-state index is 0.0195. The minimum atomic E-state index is -1.54. The Labute approximate surface area is 179 Å². The Morgan fingerprint density at radius 3 is 2.00 bits per heavy atom. The quantitative estimate of drug-likeness (QED) is 0.128. The van der Waals surface area contributed by atoms with E-state index in [0.29, 0.717) is 6.42 Å². The lowest BCUT2D eigenvalue weighted by molar-refractivity contribution is -0.143. The van der Waals surface area contributed by atoms with E-state index in [1.807, 2.05) is 0 Å². The normalized spacial score (nSPS) is 15.8. The van der Waals surface area contributed by atoms with E-state index in [-0.39, 0.29) is 18.6 Å². The van der Waals surface area contributed by atoms with Gasteiger partial charge >= 0.3 is 5.97 Å². The molecule has 0 fully saturated rings. The zero-order valence-corrected chi connectivity index (χ0v) is 17.9. The van der Waals surface area contributed by atoms with Gasteiger partial charge in [0, 0.05) is 12.2 Å². The standard InChI is InChI=1S/C17H31N5O7S/c1-3-8(2)13(16(27)21-11(6-23)17(28)29)22-15(26)10(4-5-12(19)24)20-14(25)9(18)7-30/h8-11,13,23,30H,3-7,18H2,1-2H3,(H2,19,24)(H,20,25)(H,21,27)(H,22,26)(H,28,29). The van der Waals surface area contributed by atoms with Gasteiger partial charge in [-0.05, 0) is 12.3 Å². The molecule has 0 aliphatic carbocycles. The van der Waals surface area contributed by atoms with Crippen molar-refractivity contribution in [2.75, 3.05) is 12.4 Å². The van der Waals surface area contributed by atoms with Gasteiger partial charge in [0.05, 0.1) is 12.6 Å². The van der Waals surface area contributed by atoms with Crippen molar-refractivity contribution in [3.8, 4) is 0 Å². The molecule has 30 heavy (non-hydrogen) atoms. The van der Waals surface area contributed by atoms with Gasteiger partial charge in [-0.15, -0.1) is 0 Å². The summed E-state index contributed by atoms with van der Waals surface area (Å²) >= 11 is 3.91. The van der Waals surface area contributed by atoms with Crippen molar-refractivity contribution in [2.45, 2.75) is 57.3 Å². The maximum Gasteiger partial charge on any atom is 0.328 e. The molecule has 0 bridgehead atoms. The molecule has 0 aromatic carbocycles. The molecule has 172 valence electrons. The zero-order chi connectivity index (χ0) is 23.4. The highest BCUT2D eigenvalue weighted by Crippen LogP contribution is 2.10. The number of amides is 4. The third-order valence-electron chi connectivity index (χ3n) is 4.44. The van der Waals surface area contributed by atoms with E-state index in [2.05, 4.69) is 28.6 Å². The number of hydrogen-bond donors (Lipinski definition) is 8. The topological polar surface area (TPSA) is 214 Å². The zero-order valence-electron chi connectivity index (χ0n) is 17.0. The van der Waals surface area contributed by atoms with E-state index < -0.39 is 66.3 Å². The third-order valence-corrected chi connectivity index (χ3v) is 4.83. The van der Waals surface area contributed by atoms with Crippen molar-refractivity contribution >= 4 is 42.2 Å². The Morgan fingerprint density at radius 1 is 1.00 bits per heavy atom. The number of aliphatic carboxylic acids is 1. The number of aliphatic hydroxyl groups excluding tert-OH is 1. The Kier molecular flexibility index (Phi) is 12.7. The molecule has 5 atom stereocenters. The van der Waals surface area contributed by atoms with Crippen LogP contribution in [0.2, 0.25) is 0 Å². The van der Waals surface area contributed by atoms with Gasteiger partial charge in [0.25, 0.3) is 0 Å². The second kappa shape index (κ2) is 13.8. The molecule has 9 N–H and O–H groups in total. The first kappa shape index (κ1) is 27.6. The van der Waals surface area contributed by atoms with Crippen LogP contribution in [0.3, 0.4) is 0 Å². The number of nitrogens with two attached hydrogens (primary N) is 2. The molecule has 0 heterocycles. The first-order valence-corrected chi connectivity index (χ1v) is 10.0. The highest BCUT2D eigenvalue weighted by Gasteiger charge is 2.32. The average Bonchev–Trinajstić information content (AvgIpc) is 2.70. The smallest absolute Gasteiger partial charge is 0.328 e. The molecular formula is C17H31N5O7S. The van der Waals surface area contributed by atoms with Crippen LogP contribution >= 0.6 is 12.6 Å². The van der Waals surface area contributed by atoms with E-state index in [0.717, 1.165) is 0 Å². The molecule has 5 unspecified atom stereocenters. The van der Waals surface area contributed by atoms with Crippen molar-refractivity contribution in [3.05, 3.63) is 0 Å². The molecule has 12 nitrogen and oxygen atoms in total. The molecule has 0 aliphatic rings. The van der Waals surface area contributed by atoms with Crippen molar-refractivity contribution in [3.63, 3.8) is 0 Å². The Morgan fingerprint density at radius 2 is 1.57 bits per heavy atom. The van der Waals surface area contributed by atoms with Crippen LogP contribution in [0, 0.1) is 5.92 Å². The van der Waals surface area contributed by atoms with Crippen LogP contribution in [-0.4, -0.2) is 76.3 Å². The maximum absolute atomic E-state index is 12.7. The van der Waals surface area contributed by atoms with E-state index in [1.165, 1.54) is 0 Å². The fourth-order valence-corrected chi connectivity index (χ4v) is 2.49. The highest BCUT2D eigenvalue weighted by molar-refractivity contribution is 7.80. The highest BCUT2D eigenvalue weighted by atomic mass is 32.1. The lowest BCUT2D eigenvalue weighted by Crippen LogP contribution is -2.59. The summed E-state index contributed by atoms with van der Waals surface area (Å²) in [7, 11) is 0. The third kappa shape index (κ3) is 9.41. The lowest BCUT2D eigenvalue weighted by Gasteiger charge is -2.27. The molecule has 4 amide bonds. The average molecular weight is 450 g/mol. The van der Waals surface area contributed by atoms with Crippen LogP contribution in [-0.2, 0) is 24.0 Å². The molecule has 0 saturated heterocycles.